The molecule has 0 bridgehead atoms. The summed E-state index contributed by atoms with van der Waals surface area (Å²) < 4.78 is 16.8. The monoisotopic (exact) mass is 507 g/mol. The lowest BCUT2D eigenvalue weighted by molar-refractivity contribution is -0.145. The number of ether oxygens (including phenoxy) is 3. The minimum atomic E-state index is -0.200. The Bertz CT molecular complexity index is 1290. The van der Waals surface area contributed by atoms with Crippen molar-refractivity contribution in [3.05, 3.63) is 64.2 Å². The molecule has 3 heterocycles. The molecule has 0 radical (unpaired) electrons. The predicted molar refractivity (Wildman–Crippen MR) is 136 cm³/mol. The van der Waals surface area contributed by atoms with Gasteiger partial charge in [-0.1, -0.05) is 30.7 Å². The minimum Gasteiger partial charge on any atom is -0.484 e. The second-order valence-electron chi connectivity index (χ2n) is 9.62. The third kappa shape index (κ3) is 4.76. The van der Waals surface area contributed by atoms with Crippen LogP contribution in [0.1, 0.15) is 60.7 Å². The van der Waals surface area contributed by atoms with Crippen LogP contribution in [0.3, 0.4) is 0 Å². The van der Waals surface area contributed by atoms with Crippen molar-refractivity contribution in [2.24, 2.45) is 11.8 Å². The SMILES string of the molecule is COC(=O)C(C)C(c1ccc2c(c1)OC(c1ncc(-c3cc(OC)ncc3Cl)nc1C)CC2)C1CC1. The Labute approximate surface area is 216 Å². The number of pyridine rings is 1. The van der Waals surface area contributed by atoms with E-state index in [2.05, 4.69) is 23.2 Å². The summed E-state index contributed by atoms with van der Waals surface area (Å²) in [4.78, 5) is 26.0. The Hall–Kier alpha value is -3.19. The standard InChI is InChI=1S/C28H30ClN3O4/c1-15(28(33)35-4)26(18-6-7-18)19-8-5-17-9-10-23(36-24(17)11-19)27-16(2)32-22(14-31-27)20-12-25(34-3)30-13-21(20)29/h5,8,11-15,18,23,26H,6-7,9-10H2,1-4H3. The normalized spacial score (nSPS) is 18.5. The molecule has 1 saturated carbocycles. The number of methoxy groups -OCH3 is 2. The highest BCUT2D eigenvalue weighted by Crippen LogP contribution is 2.48. The molecule has 3 aromatic rings. The van der Waals surface area contributed by atoms with Gasteiger partial charge in [0.1, 0.15) is 17.5 Å². The molecule has 1 aliphatic heterocycles. The number of benzene rings is 1. The largest absolute Gasteiger partial charge is 0.484 e. The van der Waals surface area contributed by atoms with Crippen molar-refractivity contribution in [2.75, 3.05) is 14.2 Å². The molecule has 0 spiro atoms. The topological polar surface area (TPSA) is 83.4 Å². The zero-order valence-corrected chi connectivity index (χ0v) is 21.7. The summed E-state index contributed by atoms with van der Waals surface area (Å²) in [5, 5.41) is 0.485. The molecular formula is C28H30ClN3O4. The third-order valence-electron chi connectivity index (χ3n) is 7.27. The Morgan fingerprint density at radius 2 is 1.94 bits per heavy atom. The van der Waals surface area contributed by atoms with Crippen molar-refractivity contribution in [3.8, 4) is 22.9 Å². The van der Waals surface area contributed by atoms with E-state index in [-0.39, 0.29) is 23.9 Å². The van der Waals surface area contributed by atoms with Gasteiger partial charge in [-0.15, -0.1) is 0 Å². The smallest absolute Gasteiger partial charge is 0.309 e. The molecule has 188 valence electrons. The van der Waals surface area contributed by atoms with Gasteiger partial charge in [-0.2, -0.15) is 0 Å². The quantitative estimate of drug-likeness (QED) is 0.369. The summed E-state index contributed by atoms with van der Waals surface area (Å²) >= 11 is 6.36. The number of carbonyl (C=O) groups is 1. The maximum absolute atomic E-state index is 12.3. The summed E-state index contributed by atoms with van der Waals surface area (Å²) in [7, 11) is 3.02. The van der Waals surface area contributed by atoms with Crippen molar-refractivity contribution < 1.29 is 19.0 Å². The van der Waals surface area contributed by atoms with E-state index < -0.39 is 0 Å². The summed E-state index contributed by atoms with van der Waals surface area (Å²) in [5.74, 6) is 1.61. The van der Waals surface area contributed by atoms with Crippen molar-refractivity contribution in [1.82, 2.24) is 15.0 Å². The summed E-state index contributed by atoms with van der Waals surface area (Å²) in [5.41, 5.74) is 5.29. The Morgan fingerprint density at radius 3 is 2.64 bits per heavy atom. The van der Waals surface area contributed by atoms with Crippen LogP contribution >= 0.6 is 11.6 Å². The van der Waals surface area contributed by atoms with Gasteiger partial charge in [0.05, 0.1) is 48.9 Å². The zero-order chi connectivity index (χ0) is 25.4. The van der Waals surface area contributed by atoms with Crippen LogP contribution in [0, 0.1) is 18.8 Å². The number of nitrogens with zero attached hydrogens (tertiary/aromatic N) is 3. The van der Waals surface area contributed by atoms with Crippen LogP contribution < -0.4 is 9.47 Å². The van der Waals surface area contributed by atoms with E-state index in [1.165, 1.54) is 12.7 Å². The van der Waals surface area contributed by atoms with E-state index in [0.717, 1.165) is 53.9 Å². The first-order valence-corrected chi connectivity index (χ1v) is 12.7. The van der Waals surface area contributed by atoms with Crippen LogP contribution in [0.5, 0.6) is 11.6 Å². The van der Waals surface area contributed by atoms with Gasteiger partial charge >= 0.3 is 5.97 Å². The molecule has 0 saturated heterocycles. The maximum Gasteiger partial charge on any atom is 0.309 e. The second kappa shape index (κ2) is 10.1. The van der Waals surface area contributed by atoms with E-state index >= 15 is 0 Å². The molecule has 3 atom stereocenters. The fraction of sp³-hybridized carbons (Fsp3) is 0.429. The van der Waals surface area contributed by atoms with Gasteiger partial charge in [0.2, 0.25) is 5.88 Å². The first-order chi connectivity index (χ1) is 17.4. The van der Waals surface area contributed by atoms with Crippen LogP contribution in [-0.4, -0.2) is 35.1 Å². The van der Waals surface area contributed by atoms with Crippen LogP contribution in [0.15, 0.2) is 36.7 Å². The average molecular weight is 508 g/mol. The van der Waals surface area contributed by atoms with Crippen LogP contribution in [0.4, 0.5) is 0 Å². The van der Waals surface area contributed by atoms with Gasteiger partial charge in [-0.05, 0) is 61.6 Å². The highest BCUT2D eigenvalue weighted by atomic mass is 35.5. The maximum atomic E-state index is 12.3. The van der Waals surface area contributed by atoms with E-state index in [0.29, 0.717) is 22.5 Å². The second-order valence-corrected chi connectivity index (χ2v) is 10.0. The highest BCUT2D eigenvalue weighted by Gasteiger charge is 2.39. The molecule has 2 aromatic heterocycles. The van der Waals surface area contributed by atoms with Crippen molar-refractivity contribution >= 4 is 17.6 Å². The average Bonchev–Trinajstić information content (AvgIpc) is 3.73. The van der Waals surface area contributed by atoms with Crippen molar-refractivity contribution in [3.63, 3.8) is 0 Å². The number of hydrogen-bond donors (Lipinski definition) is 0. The third-order valence-corrected chi connectivity index (χ3v) is 7.57. The lowest BCUT2D eigenvalue weighted by atomic mass is 9.82. The number of halogens is 1. The first kappa shape index (κ1) is 24.5. The molecule has 36 heavy (non-hydrogen) atoms. The van der Waals surface area contributed by atoms with Gasteiger partial charge in [-0.3, -0.25) is 9.78 Å². The lowest BCUT2D eigenvalue weighted by Crippen LogP contribution is -2.23. The Kier molecular flexibility index (Phi) is 6.84. The van der Waals surface area contributed by atoms with Gasteiger partial charge in [-0.25, -0.2) is 9.97 Å². The van der Waals surface area contributed by atoms with E-state index in [9.17, 15) is 4.79 Å². The molecule has 1 aromatic carbocycles. The van der Waals surface area contributed by atoms with Gasteiger partial charge in [0.25, 0.3) is 0 Å². The van der Waals surface area contributed by atoms with Crippen molar-refractivity contribution in [2.45, 2.75) is 51.6 Å². The molecule has 3 unspecified atom stereocenters. The lowest BCUT2D eigenvalue weighted by Gasteiger charge is -2.29. The van der Waals surface area contributed by atoms with E-state index in [4.69, 9.17) is 35.8 Å². The van der Waals surface area contributed by atoms with Gasteiger partial charge in [0.15, 0.2) is 0 Å². The molecule has 0 amide bonds. The minimum absolute atomic E-state index is 0.134. The van der Waals surface area contributed by atoms with Crippen LogP contribution in [0.25, 0.3) is 11.3 Å². The Morgan fingerprint density at radius 1 is 1.14 bits per heavy atom. The number of esters is 1. The van der Waals surface area contributed by atoms with Crippen LogP contribution in [-0.2, 0) is 16.0 Å². The summed E-state index contributed by atoms with van der Waals surface area (Å²) in [6.45, 7) is 3.90. The fourth-order valence-electron chi connectivity index (χ4n) is 5.21. The number of fused-ring (bicyclic) bond motifs is 1. The molecular weight excluding hydrogens is 478 g/mol. The molecule has 7 nitrogen and oxygen atoms in total. The van der Waals surface area contributed by atoms with Crippen LogP contribution in [0.2, 0.25) is 5.02 Å². The number of carbonyl (C=O) groups excluding carboxylic acids is 1. The number of aryl methyl sites for hydroxylation is 2. The molecule has 0 N–H and O–H groups in total. The van der Waals surface area contributed by atoms with Gasteiger partial charge in [0, 0.05) is 11.6 Å². The first-order valence-electron chi connectivity index (χ1n) is 12.3. The predicted octanol–water partition coefficient (Wildman–Crippen LogP) is 5.88. The summed E-state index contributed by atoms with van der Waals surface area (Å²) in [6.07, 6.45) is 7.05. The molecule has 1 fully saturated rings. The highest BCUT2D eigenvalue weighted by molar-refractivity contribution is 6.33. The van der Waals surface area contributed by atoms with Crippen molar-refractivity contribution in [1.29, 1.82) is 0 Å². The van der Waals surface area contributed by atoms with Gasteiger partial charge < -0.3 is 14.2 Å². The zero-order valence-electron chi connectivity index (χ0n) is 21.0. The molecule has 1 aliphatic carbocycles. The summed E-state index contributed by atoms with van der Waals surface area (Å²) in [6, 6.07) is 8.16. The molecule has 2 aliphatic rings. The fourth-order valence-corrected chi connectivity index (χ4v) is 5.41. The number of rotatable bonds is 7. The Balaban J connectivity index is 1.40. The van der Waals surface area contributed by atoms with E-state index in [1.807, 2.05) is 13.8 Å². The molecule has 8 heteroatoms. The number of hydrogen-bond acceptors (Lipinski definition) is 7. The molecule has 5 rings (SSSR count). The van der Waals surface area contributed by atoms with E-state index in [1.54, 1.807) is 25.6 Å². The number of aromatic nitrogens is 3.